The molecule has 3 heteroatoms. The lowest BCUT2D eigenvalue weighted by atomic mass is 10.0. The molecule has 102 valence electrons. The van der Waals surface area contributed by atoms with Crippen LogP contribution in [0.3, 0.4) is 0 Å². The molecule has 20 heavy (non-hydrogen) atoms. The molecular formula is C17H18N2O. The van der Waals surface area contributed by atoms with Gasteiger partial charge in [0, 0.05) is 11.8 Å². The predicted molar refractivity (Wildman–Crippen MR) is 80.7 cm³/mol. The Hall–Kier alpha value is -2.34. The summed E-state index contributed by atoms with van der Waals surface area (Å²) in [4.78, 5) is 4.41. The summed E-state index contributed by atoms with van der Waals surface area (Å²) < 4.78 is 5.62. The van der Waals surface area contributed by atoms with E-state index in [1.807, 2.05) is 45.0 Å². The van der Waals surface area contributed by atoms with Gasteiger partial charge in [0.25, 0.3) is 0 Å². The molecule has 0 aliphatic rings. The largest absolute Gasteiger partial charge is 0.442 e. The smallest absolute Gasteiger partial charge is 0.223 e. The number of hydrogen-bond donors (Lipinski definition) is 0. The molecule has 0 spiro atoms. The maximum atomic E-state index is 9.22. The molecule has 0 N–H and O–H groups in total. The van der Waals surface area contributed by atoms with Gasteiger partial charge in [0.15, 0.2) is 0 Å². The summed E-state index contributed by atoms with van der Waals surface area (Å²) in [5.74, 6) is 1.37. The van der Waals surface area contributed by atoms with Crippen LogP contribution in [0.25, 0.3) is 0 Å². The van der Waals surface area contributed by atoms with Crippen LogP contribution in [-0.4, -0.2) is 6.21 Å². The SMILES string of the molecule is Cc1ccc(/C=N/c2oc(C)c(C#N)c2C(C)C)cc1. The molecule has 0 unspecified atom stereocenters. The highest BCUT2D eigenvalue weighted by molar-refractivity contribution is 5.82. The molecule has 3 nitrogen and oxygen atoms in total. The lowest BCUT2D eigenvalue weighted by Crippen LogP contribution is -1.89. The molecule has 0 bridgehead atoms. The van der Waals surface area contributed by atoms with Gasteiger partial charge in [0.2, 0.25) is 5.88 Å². The third-order valence-electron chi connectivity index (χ3n) is 3.20. The predicted octanol–water partition coefficient (Wildman–Crippen LogP) is 4.64. The first-order valence-electron chi connectivity index (χ1n) is 6.67. The van der Waals surface area contributed by atoms with Crippen molar-refractivity contribution in [3.63, 3.8) is 0 Å². The van der Waals surface area contributed by atoms with Gasteiger partial charge in [0.05, 0.1) is 5.56 Å². The summed E-state index contributed by atoms with van der Waals surface area (Å²) in [6.45, 7) is 7.92. The summed E-state index contributed by atoms with van der Waals surface area (Å²) in [5.41, 5.74) is 3.72. The van der Waals surface area contributed by atoms with Crippen molar-refractivity contribution in [2.75, 3.05) is 0 Å². The Balaban J connectivity index is 2.39. The molecule has 0 saturated heterocycles. The Kier molecular flexibility index (Phi) is 4.05. The van der Waals surface area contributed by atoms with Crippen LogP contribution < -0.4 is 0 Å². The Bertz CT molecular complexity index is 670. The van der Waals surface area contributed by atoms with Crippen molar-refractivity contribution < 1.29 is 4.42 Å². The summed E-state index contributed by atoms with van der Waals surface area (Å²) in [5, 5.41) is 9.22. The van der Waals surface area contributed by atoms with Gasteiger partial charge in [-0.15, -0.1) is 0 Å². The lowest BCUT2D eigenvalue weighted by Gasteiger charge is -2.02. The number of furan rings is 1. The van der Waals surface area contributed by atoms with E-state index in [1.54, 1.807) is 13.1 Å². The summed E-state index contributed by atoms with van der Waals surface area (Å²) in [6, 6.07) is 10.3. The molecular weight excluding hydrogens is 248 g/mol. The van der Waals surface area contributed by atoms with Crippen molar-refractivity contribution in [3.05, 3.63) is 52.3 Å². The molecule has 0 saturated carbocycles. The normalized spacial score (nSPS) is 11.2. The molecule has 1 heterocycles. The van der Waals surface area contributed by atoms with E-state index in [0.717, 1.165) is 11.1 Å². The highest BCUT2D eigenvalue weighted by Gasteiger charge is 2.19. The number of nitriles is 1. The van der Waals surface area contributed by atoms with Crippen LogP contribution >= 0.6 is 0 Å². The van der Waals surface area contributed by atoms with Crippen molar-refractivity contribution in [1.82, 2.24) is 0 Å². The molecule has 0 aliphatic heterocycles. The van der Waals surface area contributed by atoms with E-state index < -0.39 is 0 Å². The van der Waals surface area contributed by atoms with E-state index in [9.17, 15) is 5.26 Å². The molecule has 0 radical (unpaired) electrons. The average molecular weight is 266 g/mol. The zero-order chi connectivity index (χ0) is 14.7. The van der Waals surface area contributed by atoms with Crippen molar-refractivity contribution in [1.29, 1.82) is 5.26 Å². The number of aryl methyl sites for hydroxylation is 2. The Labute approximate surface area is 119 Å². The monoisotopic (exact) mass is 266 g/mol. The van der Waals surface area contributed by atoms with E-state index in [4.69, 9.17) is 4.42 Å². The third-order valence-corrected chi connectivity index (χ3v) is 3.20. The van der Waals surface area contributed by atoms with Gasteiger partial charge >= 0.3 is 0 Å². The zero-order valence-corrected chi connectivity index (χ0v) is 12.3. The second kappa shape index (κ2) is 5.75. The van der Waals surface area contributed by atoms with Crippen molar-refractivity contribution in [2.45, 2.75) is 33.6 Å². The van der Waals surface area contributed by atoms with Gasteiger partial charge < -0.3 is 4.42 Å². The van der Waals surface area contributed by atoms with Crippen LogP contribution in [0.2, 0.25) is 0 Å². The first-order chi connectivity index (χ1) is 9.52. The molecule has 2 rings (SSSR count). The summed E-state index contributed by atoms with van der Waals surface area (Å²) in [6.07, 6.45) is 1.77. The van der Waals surface area contributed by atoms with Crippen LogP contribution in [-0.2, 0) is 0 Å². The van der Waals surface area contributed by atoms with Gasteiger partial charge in [-0.3, -0.25) is 0 Å². The van der Waals surface area contributed by atoms with E-state index in [2.05, 4.69) is 11.1 Å². The maximum Gasteiger partial charge on any atom is 0.223 e. The number of nitrogens with zero attached hydrogens (tertiary/aromatic N) is 2. The first-order valence-corrected chi connectivity index (χ1v) is 6.67. The van der Waals surface area contributed by atoms with E-state index >= 15 is 0 Å². The topological polar surface area (TPSA) is 49.3 Å². The fourth-order valence-corrected chi connectivity index (χ4v) is 2.10. The first kappa shape index (κ1) is 14.1. The van der Waals surface area contributed by atoms with Gasteiger partial charge in [-0.1, -0.05) is 43.7 Å². The second-order valence-corrected chi connectivity index (χ2v) is 5.19. The zero-order valence-electron chi connectivity index (χ0n) is 12.3. The molecule has 0 amide bonds. The minimum Gasteiger partial charge on any atom is -0.442 e. The van der Waals surface area contributed by atoms with Gasteiger partial charge in [-0.2, -0.15) is 5.26 Å². The number of rotatable bonds is 3. The number of benzene rings is 1. The van der Waals surface area contributed by atoms with Crippen LogP contribution in [0.5, 0.6) is 0 Å². The minimum atomic E-state index is 0.201. The fraction of sp³-hybridized carbons (Fsp3) is 0.294. The van der Waals surface area contributed by atoms with Crippen LogP contribution in [0.4, 0.5) is 5.88 Å². The molecule has 0 aliphatic carbocycles. The van der Waals surface area contributed by atoms with E-state index in [1.165, 1.54) is 5.56 Å². The molecule has 0 fully saturated rings. The van der Waals surface area contributed by atoms with Crippen molar-refractivity contribution >= 4 is 12.1 Å². The lowest BCUT2D eigenvalue weighted by molar-refractivity contribution is 0.541. The van der Waals surface area contributed by atoms with Gasteiger partial charge in [-0.25, -0.2) is 4.99 Å². The Morgan fingerprint density at radius 1 is 1.20 bits per heavy atom. The molecule has 0 atom stereocenters. The average Bonchev–Trinajstić information content (AvgIpc) is 2.74. The van der Waals surface area contributed by atoms with E-state index in [-0.39, 0.29) is 5.92 Å². The third kappa shape index (κ3) is 2.80. The highest BCUT2D eigenvalue weighted by atomic mass is 16.4. The molecule has 1 aromatic heterocycles. The fourth-order valence-electron chi connectivity index (χ4n) is 2.10. The van der Waals surface area contributed by atoms with Crippen molar-refractivity contribution in [2.24, 2.45) is 4.99 Å². The summed E-state index contributed by atoms with van der Waals surface area (Å²) >= 11 is 0. The van der Waals surface area contributed by atoms with E-state index in [0.29, 0.717) is 17.2 Å². The Morgan fingerprint density at radius 3 is 2.40 bits per heavy atom. The van der Waals surface area contributed by atoms with Crippen molar-refractivity contribution in [3.8, 4) is 6.07 Å². The quantitative estimate of drug-likeness (QED) is 0.760. The highest BCUT2D eigenvalue weighted by Crippen LogP contribution is 2.34. The van der Waals surface area contributed by atoms with Crippen LogP contribution in [0, 0.1) is 25.2 Å². The standard InChI is InChI=1S/C17H18N2O/c1-11(2)16-15(9-18)13(4)20-17(16)19-10-14-7-5-12(3)6-8-14/h5-8,10-11H,1-4H3/b19-10+. The van der Waals surface area contributed by atoms with Gasteiger partial charge in [0.1, 0.15) is 11.8 Å². The Morgan fingerprint density at radius 2 is 1.85 bits per heavy atom. The van der Waals surface area contributed by atoms with Crippen LogP contribution in [0.15, 0.2) is 33.7 Å². The van der Waals surface area contributed by atoms with Crippen LogP contribution in [0.1, 0.15) is 47.8 Å². The maximum absolute atomic E-state index is 9.22. The number of hydrogen-bond acceptors (Lipinski definition) is 3. The molecule has 1 aromatic carbocycles. The second-order valence-electron chi connectivity index (χ2n) is 5.19. The van der Waals surface area contributed by atoms with Gasteiger partial charge in [-0.05, 0) is 25.3 Å². The molecule has 2 aromatic rings. The summed E-state index contributed by atoms with van der Waals surface area (Å²) in [7, 11) is 0. The number of aliphatic imine (C=N–C) groups is 1. The minimum absolute atomic E-state index is 0.201.